The predicted octanol–water partition coefficient (Wildman–Crippen LogP) is 2.47. The topological polar surface area (TPSA) is 26.0 Å². The fourth-order valence-corrected chi connectivity index (χ4v) is 0.963. The van der Waals surface area contributed by atoms with Gasteiger partial charge in [0.25, 0.3) is 0 Å². The summed E-state index contributed by atoms with van der Waals surface area (Å²) in [5.74, 6) is 0. The van der Waals surface area contributed by atoms with Crippen LogP contribution in [-0.4, -0.2) is 6.54 Å². The molecule has 2 N–H and O–H groups in total. The maximum absolute atomic E-state index is 5.37. The third-order valence-electron chi connectivity index (χ3n) is 1.75. The summed E-state index contributed by atoms with van der Waals surface area (Å²) >= 11 is 0. The van der Waals surface area contributed by atoms with Crippen LogP contribution in [0.4, 0.5) is 0 Å². The highest BCUT2D eigenvalue weighted by Crippen LogP contribution is 2.06. The van der Waals surface area contributed by atoms with Gasteiger partial charge in [-0.1, -0.05) is 25.5 Å². The van der Waals surface area contributed by atoms with Crippen molar-refractivity contribution in [2.45, 2.75) is 39.5 Å². The largest absolute Gasteiger partial charge is 0.330 e. The van der Waals surface area contributed by atoms with E-state index in [0.29, 0.717) is 0 Å². The van der Waals surface area contributed by atoms with Gasteiger partial charge in [-0.2, -0.15) is 0 Å². The smallest absolute Gasteiger partial charge is 0.00743 e. The zero-order valence-corrected chi connectivity index (χ0v) is 7.19. The fraction of sp³-hybridized carbons (Fsp3) is 0.778. The second kappa shape index (κ2) is 6.81. The van der Waals surface area contributed by atoms with Crippen molar-refractivity contribution in [3.05, 3.63) is 11.6 Å². The Labute approximate surface area is 64.3 Å². The fourth-order valence-electron chi connectivity index (χ4n) is 0.963. The number of nitrogens with two attached hydrogens (primary N) is 1. The molecule has 10 heavy (non-hydrogen) atoms. The Balaban J connectivity index is 3.43. The van der Waals surface area contributed by atoms with E-state index in [0.717, 1.165) is 19.4 Å². The normalized spacial score (nSPS) is 9.50. The van der Waals surface area contributed by atoms with Crippen molar-refractivity contribution in [3.63, 3.8) is 0 Å². The van der Waals surface area contributed by atoms with Crippen molar-refractivity contribution in [3.8, 4) is 0 Å². The molecule has 0 aliphatic carbocycles. The molecule has 1 nitrogen and oxygen atoms in total. The van der Waals surface area contributed by atoms with Crippen molar-refractivity contribution in [2.75, 3.05) is 6.54 Å². The molecule has 60 valence electrons. The van der Waals surface area contributed by atoms with Gasteiger partial charge in [0.15, 0.2) is 0 Å². The van der Waals surface area contributed by atoms with Gasteiger partial charge in [-0.05, 0) is 32.2 Å². The molecule has 0 saturated heterocycles. The Bertz CT molecular complexity index is 88.9. The summed E-state index contributed by atoms with van der Waals surface area (Å²) < 4.78 is 0. The van der Waals surface area contributed by atoms with Crippen LogP contribution in [0.25, 0.3) is 0 Å². The van der Waals surface area contributed by atoms with Gasteiger partial charge in [0.1, 0.15) is 0 Å². The lowest BCUT2D eigenvalue weighted by Gasteiger charge is -1.98. The number of rotatable bonds is 5. The van der Waals surface area contributed by atoms with E-state index in [9.17, 15) is 0 Å². The van der Waals surface area contributed by atoms with Gasteiger partial charge < -0.3 is 5.73 Å². The molecule has 0 aromatic rings. The number of hydrogen-bond donors (Lipinski definition) is 1. The quantitative estimate of drug-likeness (QED) is 0.462. The second-order valence-electron chi connectivity index (χ2n) is 2.50. The molecule has 0 saturated carbocycles. The Hall–Kier alpha value is -0.300. The first-order valence-corrected chi connectivity index (χ1v) is 4.23. The van der Waals surface area contributed by atoms with Crippen LogP contribution in [0.2, 0.25) is 0 Å². The number of allylic oxidation sites excluding steroid dienone is 2. The minimum Gasteiger partial charge on any atom is -0.330 e. The van der Waals surface area contributed by atoms with Crippen LogP contribution in [0.15, 0.2) is 11.6 Å². The van der Waals surface area contributed by atoms with Crippen LogP contribution in [0.5, 0.6) is 0 Å². The van der Waals surface area contributed by atoms with Crippen LogP contribution in [-0.2, 0) is 0 Å². The van der Waals surface area contributed by atoms with E-state index in [4.69, 9.17) is 5.73 Å². The van der Waals surface area contributed by atoms with E-state index in [1.54, 1.807) is 5.57 Å². The highest BCUT2D eigenvalue weighted by atomic mass is 14.5. The lowest BCUT2D eigenvalue weighted by Crippen LogP contribution is -1.96. The molecule has 0 atom stereocenters. The molecule has 0 heterocycles. The highest BCUT2D eigenvalue weighted by molar-refractivity contribution is 4.99. The molecule has 0 aromatic heterocycles. The standard InChI is InChI=1S/C9H19N/c1-3-9(4-2)7-5-6-8-10/h7H,3-6,8,10H2,1-2H3. The van der Waals surface area contributed by atoms with E-state index in [-0.39, 0.29) is 0 Å². The zero-order valence-electron chi connectivity index (χ0n) is 7.19. The molecule has 0 amide bonds. The Morgan fingerprint density at radius 3 is 2.30 bits per heavy atom. The lowest BCUT2D eigenvalue weighted by atomic mass is 10.1. The van der Waals surface area contributed by atoms with E-state index in [2.05, 4.69) is 19.9 Å². The first kappa shape index (κ1) is 9.70. The van der Waals surface area contributed by atoms with Crippen molar-refractivity contribution in [2.24, 2.45) is 5.73 Å². The number of hydrogen-bond acceptors (Lipinski definition) is 1. The van der Waals surface area contributed by atoms with Gasteiger partial charge in [-0.3, -0.25) is 0 Å². The Kier molecular flexibility index (Phi) is 6.61. The minimum absolute atomic E-state index is 0.817. The minimum atomic E-state index is 0.817. The van der Waals surface area contributed by atoms with Gasteiger partial charge in [0.05, 0.1) is 0 Å². The molecule has 0 unspecified atom stereocenters. The Morgan fingerprint density at radius 2 is 1.90 bits per heavy atom. The first-order chi connectivity index (χ1) is 4.85. The average Bonchev–Trinajstić information content (AvgIpc) is 1.99. The summed E-state index contributed by atoms with van der Waals surface area (Å²) in [5, 5.41) is 0. The molecule has 0 aromatic carbocycles. The van der Waals surface area contributed by atoms with Crippen molar-refractivity contribution < 1.29 is 0 Å². The monoisotopic (exact) mass is 141 g/mol. The van der Waals surface area contributed by atoms with Crippen LogP contribution in [0, 0.1) is 0 Å². The van der Waals surface area contributed by atoms with Crippen LogP contribution < -0.4 is 5.73 Å². The summed E-state index contributed by atoms with van der Waals surface area (Å²) in [5.41, 5.74) is 6.93. The van der Waals surface area contributed by atoms with Gasteiger partial charge in [-0.25, -0.2) is 0 Å². The molecule has 0 aliphatic rings. The molecular weight excluding hydrogens is 122 g/mol. The molecule has 0 spiro atoms. The SMILES string of the molecule is CCC(=CCCCN)CC. The third-order valence-corrected chi connectivity index (χ3v) is 1.75. The van der Waals surface area contributed by atoms with Crippen LogP contribution >= 0.6 is 0 Å². The highest BCUT2D eigenvalue weighted by Gasteiger charge is 1.87. The molecule has 0 radical (unpaired) electrons. The molecule has 0 bridgehead atoms. The van der Waals surface area contributed by atoms with Gasteiger partial charge in [0.2, 0.25) is 0 Å². The maximum Gasteiger partial charge on any atom is -0.00743 e. The summed E-state index contributed by atoms with van der Waals surface area (Å²) in [6.45, 7) is 5.23. The van der Waals surface area contributed by atoms with Crippen molar-refractivity contribution in [1.29, 1.82) is 0 Å². The predicted molar refractivity (Wildman–Crippen MR) is 47.0 cm³/mol. The summed E-state index contributed by atoms with van der Waals surface area (Å²) in [6, 6.07) is 0. The molecule has 0 rings (SSSR count). The van der Waals surface area contributed by atoms with Gasteiger partial charge in [-0.15, -0.1) is 0 Å². The van der Waals surface area contributed by atoms with E-state index in [1.165, 1.54) is 12.8 Å². The summed E-state index contributed by atoms with van der Waals surface area (Å²) in [6.07, 6.45) is 7.01. The van der Waals surface area contributed by atoms with Crippen molar-refractivity contribution >= 4 is 0 Å². The van der Waals surface area contributed by atoms with E-state index in [1.807, 2.05) is 0 Å². The van der Waals surface area contributed by atoms with Gasteiger partial charge in [0, 0.05) is 0 Å². The third kappa shape index (κ3) is 4.57. The van der Waals surface area contributed by atoms with E-state index >= 15 is 0 Å². The average molecular weight is 141 g/mol. The second-order valence-corrected chi connectivity index (χ2v) is 2.50. The number of unbranched alkanes of at least 4 members (excludes halogenated alkanes) is 1. The molecule has 0 aliphatic heterocycles. The van der Waals surface area contributed by atoms with Crippen molar-refractivity contribution in [1.82, 2.24) is 0 Å². The zero-order chi connectivity index (χ0) is 7.82. The first-order valence-electron chi connectivity index (χ1n) is 4.23. The molecule has 1 heteroatoms. The maximum atomic E-state index is 5.37. The molecular formula is C9H19N. The van der Waals surface area contributed by atoms with Crippen LogP contribution in [0.1, 0.15) is 39.5 Å². The van der Waals surface area contributed by atoms with E-state index < -0.39 is 0 Å². The Morgan fingerprint density at radius 1 is 1.30 bits per heavy atom. The van der Waals surface area contributed by atoms with Gasteiger partial charge >= 0.3 is 0 Å². The summed E-state index contributed by atoms with van der Waals surface area (Å²) in [4.78, 5) is 0. The van der Waals surface area contributed by atoms with Crippen LogP contribution in [0.3, 0.4) is 0 Å². The molecule has 0 fully saturated rings. The summed E-state index contributed by atoms with van der Waals surface area (Å²) in [7, 11) is 0. The lowest BCUT2D eigenvalue weighted by molar-refractivity contribution is 0.836.